The van der Waals surface area contributed by atoms with Crippen LogP contribution in [0.5, 0.6) is 0 Å². The van der Waals surface area contributed by atoms with Crippen LogP contribution in [-0.4, -0.2) is 11.2 Å². The molecule has 0 aliphatic heterocycles. The van der Waals surface area contributed by atoms with Crippen molar-refractivity contribution in [2.45, 2.75) is 18.9 Å². The van der Waals surface area contributed by atoms with Gasteiger partial charge in [0.25, 0.3) is 0 Å². The number of rotatable bonds is 4. The van der Waals surface area contributed by atoms with E-state index >= 15 is 0 Å². The van der Waals surface area contributed by atoms with E-state index in [2.05, 4.69) is 0 Å². The normalized spacial score (nSPS) is 12.4. The van der Waals surface area contributed by atoms with Crippen molar-refractivity contribution in [2.75, 3.05) is 0 Å². The fourth-order valence-electron chi connectivity index (χ4n) is 1.97. The van der Waals surface area contributed by atoms with E-state index in [1.165, 1.54) is 12.1 Å². The van der Waals surface area contributed by atoms with E-state index < -0.39 is 17.7 Å². The number of halogens is 4. The Morgan fingerprint density at radius 1 is 1.00 bits per heavy atom. The molecule has 20 heavy (non-hydrogen) atoms. The molecule has 0 aliphatic rings. The molecule has 1 atom stereocenters. The summed E-state index contributed by atoms with van der Waals surface area (Å²) in [4.78, 5) is 0. The fourth-order valence-corrected chi connectivity index (χ4v) is 2.29. The van der Waals surface area contributed by atoms with Gasteiger partial charge in [-0.2, -0.15) is 0 Å². The number of benzene rings is 2. The van der Waals surface area contributed by atoms with Gasteiger partial charge in [-0.1, -0.05) is 41.4 Å². The van der Waals surface area contributed by atoms with Gasteiger partial charge in [-0.15, -0.1) is 0 Å². The van der Waals surface area contributed by atoms with Crippen molar-refractivity contribution < 1.29 is 13.9 Å². The Bertz CT molecular complexity index is 617. The van der Waals surface area contributed by atoms with Crippen LogP contribution >= 0.6 is 23.2 Å². The second-order valence-corrected chi connectivity index (χ2v) is 5.34. The van der Waals surface area contributed by atoms with Gasteiger partial charge in [-0.05, 0) is 35.7 Å². The Morgan fingerprint density at radius 2 is 1.75 bits per heavy atom. The lowest BCUT2D eigenvalue weighted by atomic mass is 10.0. The number of hydrogen-bond acceptors (Lipinski definition) is 1. The number of hydrogen-bond donors (Lipinski definition) is 1. The fraction of sp³-hybridized carbons (Fsp3) is 0.200. The summed E-state index contributed by atoms with van der Waals surface area (Å²) in [7, 11) is 0. The number of aliphatic hydroxyl groups is 1. The molecule has 0 heterocycles. The van der Waals surface area contributed by atoms with Gasteiger partial charge in [-0.3, -0.25) is 0 Å². The first-order chi connectivity index (χ1) is 9.47. The maximum absolute atomic E-state index is 13.5. The summed E-state index contributed by atoms with van der Waals surface area (Å²) in [6.07, 6.45) is -0.514. The van der Waals surface area contributed by atoms with Gasteiger partial charge in [0.2, 0.25) is 0 Å². The van der Waals surface area contributed by atoms with Gasteiger partial charge in [0.1, 0.15) is 0 Å². The lowest BCUT2D eigenvalue weighted by molar-refractivity contribution is 0.174. The molecule has 2 aromatic carbocycles. The third-order valence-electron chi connectivity index (χ3n) is 2.94. The minimum absolute atomic E-state index is 0.0316. The predicted molar refractivity (Wildman–Crippen MR) is 76.2 cm³/mol. The molecule has 106 valence electrons. The molecule has 0 aliphatic carbocycles. The SMILES string of the molecule is OC(Cc1ccc(Cl)c(Cl)c1)Cc1cccc(F)c1F. The Morgan fingerprint density at radius 3 is 2.45 bits per heavy atom. The van der Waals surface area contributed by atoms with Crippen molar-refractivity contribution in [3.63, 3.8) is 0 Å². The highest BCUT2D eigenvalue weighted by Gasteiger charge is 2.13. The molecule has 1 unspecified atom stereocenters. The molecule has 0 fully saturated rings. The summed E-state index contributed by atoms with van der Waals surface area (Å²) in [6, 6.07) is 8.93. The van der Waals surface area contributed by atoms with E-state index in [1.807, 2.05) is 0 Å². The van der Waals surface area contributed by atoms with Crippen LogP contribution in [0.25, 0.3) is 0 Å². The third-order valence-corrected chi connectivity index (χ3v) is 3.68. The summed E-state index contributed by atoms with van der Waals surface area (Å²) < 4.78 is 26.6. The summed E-state index contributed by atoms with van der Waals surface area (Å²) in [6.45, 7) is 0. The minimum Gasteiger partial charge on any atom is -0.392 e. The zero-order valence-corrected chi connectivity index (χ0v) is 11.9. The molecule has 0 amide bonds. The lowest BCUT2D eigenvalue weighted by Crippen LogP contribution is -2.15. The summed E-state index contributed by atoms with van der Waals surface area (Å²) >= 11 is 11.7. The van der Waals surface area contributed by atoms with Crippen LogP contribution in [0, 0.1) is 11.6 Å². The summed E-state index contributed by atoms with van der Waals surface area (Å²) in [5.74, 6) is -1.83. The Balaban J connectivity index is 2.07. The van der Waals surface area contributed by atoms with Crippen LogP contribution in [-0.2, 0) is 12.8 Å². The van der Waals surface area contributed by atoms with Crippen molar-refractivity contribution in [1.82, 2.24) is 0 Å². The van der Waals surface area contributed by atoms with Gasteiger partial charge < -0.3 is 5.11 Å². The van der Waals surface area contributed by atoms with Gasteiger partial charge >= 0.3 is 0 Å². The van der Waals surface area contributed by atoms with E-state index in [1.54, 1.807) is 18.2 Å². The zero-order chi connectivity index (χ0) is 14.7. The molecular weight excluding hydrogens is 305 g/mol. The van der Waals surface area contributed by atoms with E-state index in [0.717, 1.165) is 11.6 Å². The van der Waals surface area contributed by atoms with Crippen LogP contribution in [0.1, 0.15) is 11.1 Å². The van der Waals surface area contributed by atoms with E-state index in [0.29, 0.717) is 10.0 Å². The molecule has 0 aromatic heterocycles. The molecular formula is C15H12Cl2F2O. The molecule has 1 N–H and O–H groups in total. The Hall–Kier alpha value is -1.16. The van der Waals surface area contributed by atoms with Gasteiger partial charge in [-0.25, -0.2) is 8.78 Å². The van der Waals surface area contributed by atoms with E-state index in [9.17, 15) is 13.9 Å². The van der Waals surface area contributed by atoms with Crippen molar-refractivity contribution >= 4 is 23.2 Å². The molecule has 0 bridgehead atoms. The smallest absolute Gasteiger partial charge is 0.162 e. The topological polar surface area (TPSA) is 20.2 Å². The van der Waals surface area contributed by atoms with Gasteiger partial charge in [0.05, 0.1) is 16.1 Å². The highest BCUT2D eigenvalue weighted by molar-refractivity contribution is 6.42. The first kappa shape index (κ1) is 15.2. The molecule has 1 nitrogen and oxygen atoms in total. The third kappa shape index (κ3) is 3.69. The van der Waals surface area contributed by atoms with Crippen LogP contribution in [0.15, 0.2) is 36.4 Å². The van der Waals surface area contributed by atoms with Crippen molar-refractivity contribution in [1.29, 1.82) is 0 Å². The molecule has 2 aromatic rings. The highest BCUT2D eigenvalue weighted by Crippen LogP contribution is 2.23. The first-order valence-corrected chi connectivity index (χ1v) is 6.78. The quantitative estimate of drug-likeness (QED) is 0.885. The first-order valence-electron chi connectivity index (χ1n) is 6.02. The predicted octanol–water partition coefficient (Wildman–Crippen LogP) is 4.42. The van der Waals surface area contributed by atoms with Crippen LogP contribution in [0.3, 0.4) is 0 Å². The highest BCUT2D eigenvalue weighted by atomic mass is 35.5. The maximum Gasteiger partial charge on any atom is 0.162 e. The van der Waals surface area contributed by atoms with Crippen molar-refractivity contribution in [3.8, 4) is 0 Å². The monoisotopic (exact) mass is 316 g/mol. The molecule has 0 spiro atoms. The summed E-state index contributed by atoms with van der Waals surface area (Å²) in [5, 5.41) is 10.8. The van der Waals surface area contributed by atoms with Crippen LogP contribution < -0.4 is 0 Å². The van der Waals surface area contributed by atoms with Crippen molar-refractivity contribution in [3.05, 3.63) is 69.2 Å². The minimum atomic E-state index is -0.916. The van der Waals surface area contributed by atoms with Gasteiger partial charge in [0.15, 0.2) is 11.6 Å². The van der Waals surface area contributed by atoms with Crippen LogP contribution in [0.2, 0.25) is 10.0 Å². The molecule has 0 radical (unpaired) electrons. The molecule has 5 heteroatoms. The maximum atomic E-state index is 13.5. The molecule has 0 saturated heterocycles. The van der Waals surface area contributed by atoms with E-state index in [-0.39, 0.29) is 18.4 Å². The number of aliphatic hydroxyl groups excluding tert-OH is 1. The molecule has 0 saturated carbocycles. The second-order valence-electron chi connectivity index (χ2n) is 4.52. The standard InChI is InChI=1S/C15H12Cl2F2O/c16-12-5-4-9(7-13(12)17)6-11(20)8-10-2-1-3-14(18)15(10)19/h1-5,7,11,20H,6,8H2. The lowest BCUT2D eigenvalue weighted by Gasteiger charge is -2.12. The van der Waals surface area contributed by atoms with Crippen molar-refractivity contribution in [2.24, 2.45) is 0 Å². The van der Waals surface area contributed by atoms with Crippen LogP contribution in [0.4, 0.5) is 8.78 Å². The Labute approximate surface area is 125 Å². The Kier molecular flexibility index (Phi) is 4.97. The average Bonchev–Trinajstić information content (AvgIpc) is 2.39. The zero-order valence-electron chi connectivity index (χ0n) is 10.4. The van der Waals surface area contributed by atoms with E-state index in [4.69, 9.17) is 23.2 Å². The molecule has 2 rings (SSSR count). The largest absolute Gasteiger partial charge is 0.392 e. The summed E-state index contributed by atoms with van der Waals surface area (Å²) in [5.41, 5.74) is 0.932. The average molecular weight is 317 g/mol. The van der Waals surface area contributed by atoms with Gasteiger partial charge in [0, 0.05) is 6.42 Å². The second kappa shape index (κ2) is 6.53.